The largest absolute Gasteiger partial charge is 0.338 e. The third-order valence-corrected chi connectivity index (χ3v) is 3.93. The lowest BCUT2D eigenvalue weighted by molar-refractivity contribution is -0.137. The number of hydrogen-bond donors (Lipinski definition) is 0. The summed E-state index contributed by atoms with van der Waals surface area (Å²) in [6, 6.07) is 4.77. The van der Waals surface area contributed by atoms with Gasteiger partial charge in [0.2, 0.25) is 5.91 Å². The fourth-order valence-corrected chi connectivity index (χ4v) is 2.55. The van der Waals surface area contributed by atoms with E-state index in [0.717, 1.165) is 5.56 Å². The van der Waals surface area contributed by atoms with Crippen molar-refractivity contribution in [2.24, 2.45) is 0 Å². The van der Waals surface area contributed by atoms with Crippen molar-refractivity contribution in [1.82, 2.24) is 19.9 Å². The van der Waals surface area contributed by atoms with E-state index in [1.807, 2.05) is 0 Å². The molecule has 1 amide bonds. The van der Waals surface area contributed by atoms with Crippen molar-refractivity contribution < 1.29 is 9.18 Å². The molecule has 1 aromatic heterocycles. The highest BCUT2D eigenvalue weighted by molar-refractivity contribution is 6.30. The smallest absolute Gasteiger partial charge is 0.223 e. The molecule has 1 aliphatic rings. The first-order valence-electron chi connectivity index (χ1n) is 6.71. The summed E-state index contributed by atoms with van der Waals surface area (Å²) in [7, 11) is 0. The Morgan fingerprint density at radius 2 is 2.24 bits per heavy atom. The Labute approximate surface area is 126 Å². The molecular formula is C14H14ClFN4O. The molecule has 0 radical (unpaired) electrons. The van der Waals surface area contributed by atoms with Crippen molar-refractivity contribution in [3.8, 4) is 0 Å². The Morgan fingerprint density at radius 3 is 2.90 bits per heavy atom. The maximum Gasteiger partial charge on any atom is 0.223 e. The summed E-state index contributed by atoms with van der Waals surface area (Å²) in [6.45, 7) is 1.32. The molecule has 2 heterocycles. The number of halogens is 2. The third-order valence-electron chi connectivity index (χ3n) is 3.64. The molecule has 21 heavy (non-hydrogen) atoms. The van der Waals surface area contributed by atoms with E-state index in [9.17, 15) is 9.18 Å². The number of amides is 1. The lowest BCUT2D eigenvalue weighted by Crippen LogP contribution is -2.50. The summed E-state index contributed by atoms with van der Waals surface area (Å²) in [5.74, 6) is -0.350. The maximum atomic E-state index is 13.0. The van der Waals surface area contributed by atoms with Crippen LogP contribution in [0.4, 0.5) is 4.39 Å². The lowest BCUT2D eigenvalue weighted by Gasteiger charge is -2.38. The van der Waals surface area contributed by atoms with Gasteiger partial charge in [-0.25, -0.2) is 9.07 Å². The van der Waals surface area contributed by atoms with Gasteiger partial charge in [-0.05, 0) is 24.1 Å². The van der Waals surface area contributed by atoms with Crippen molar-refractivity contribution in [3.63, 3.8) is 0 Å². The Balaban J connectivity index is 1.48. The predicted molar refractivity (Wildman–Crippen MR) is 75.4 cm³/mol. The number of carbonyl (C=O) groups excluding carboxylic acids is 1. The Hall–Kier alpha value is -1.95. The minimum absolute atomic E-state index is 0.0896. The van der Waals surface area contributed by atoms with Crippen LogP contribution in [0.25, 0.3) is 0 Å². The SMILES string of the molecule is O=C(CCc1ccc(F)c(Cl)c1)N1CC(n2ccnn2)C1. The van der Waals surface area contributed by atoms with E-state index < -0.39 is 5.82 Å². The quantitative estimate of drug-likeness (QED) is 0.869. The molecule has 1 aromatic carbocycles. The summed E-state index contributed by atoms with van der Waals surface area (Å²) < 4.78 is 14.8. The highest BCUT2D eigenvalue weighted by Gasteiger charge is 2.31. The van der Waals surface area contributed by atoms with E-state index in [1.54, 1.807) is 34.1 Å². The normalized spacial score (nSPS) is 15.0. The van der Waals surface area contributed by atoms with E-state index in [-0.39, 0.29) is 17.0 Å². The predicted octanol–water partition coefficient (Wildman–Crippen LogP) is 2.09. The lowest BCUT2D eigenvalue weighted by atomic mass is 10.1. The third kappa shape index (κ3) is 3.05. The van der Waals surface area contributed by atoms with Gasteiger partial charge in [-0.15, -0.1) is 5.10 Å². The Kier molecular flexibility index (Phi) is 3.88. The molecule has 0 unspecified atom stereocenters. The Bertz CT molecular complexity index is 640. The molecule has 1 aliphatic heterocycles. The van der Waals surface area contributed by atoms with Crippen molar-refractivity contribution in [1.29, 1.82) is 0 Å². The zero-order valence-electron chi connectivity index (χ0n) is 11.2. The van der Waals surface area contributed by atoms with Crippen LogP contribution in [0.5, 0.6) is 0 Å². The molecule has 0 bridgehead atoms. The number of rotatable bonds is 4. The number of aryl methyl sites for hydroxylation is 1. The fourth-order valence-electron chi connectivity index (χ4n) is 2.34. The van der Waals surface area contributed by atoms with Crippen LogP contribution in [0.3, 0.4) is 0 Å². The first kappa shape index (κ1) is 14.0. The van der Waals surface area contributed by atoms with Gasteiger partial charge in [0.15, 0.2) is 0 Å². The van der Waals surface area contributed by atoms with Gasteiger partial charge in [0.05, 0.1) is 17.3 Å². The van der Waals surface area contributed by atoms with Crippen LogP contribution in [-0.4, -0.2) is 38.9 Å². The van der Waals surface area contributed by atoms with Gasteiger partial charge in [-0.3, -0.25) is 4.79 Å². The number of likely N-dealkylation sites (tertiary alicyclic amines) is 1. The molecule has 110 valence electrons. The highest BCUT2D eigenvalue weighted by Crippen LogP contribution is 2.22. The topological polar surface area (TPSA) is 51.0 Å². The standard InChI is InChI=1S/C14H14ClFN4O/c15-12-7-10(1-3-13(12)16)2-4-14(21)19-8-11(9-19)20-6-5-17-18-20/h1,3,5-7,11H,2,4,8-9H2. The molecular weight excluding hydrogens is 295 g/mol. The number of hydrogen-bond acceptors (Lipinski definition) is 3. The monoisotopic (exact) mass is 308 g/mol. The van der Waals surface area contributed by atoms with Gasteiger partial charge in [0.25, 0.3) is 0 Å². The van der Waals surface area contributed by atoms with Gasteiger partial charge in [-0.2, -0.15) is 0 Å². The highest BCUT2D eigenvalue weighted by atomic mass is 35.5. The summed E-state index contributed by atoms with van der Waals surface area (Å²) in [6.07, 6.45) is 4.38. The molecule has 5 nitrogen and oxygen atoms in total. The number of carbonyl (C=O) groups is 1. The van der Waals surface area contributed by atoms with Crippen LogP contribution in [0.2, 0.25) is 5.02 Å². The van der Waals surface area contributed by atoms with Gasteiger partial charge in [0.1, 0.15) is 5.82 Å². The van der Waals surface area contributed by atoms with E-state index in [1.165, 1.54) is 6.07 Å². The Morgan fingerprint density at radius 1 is 1.43 bits per heavy atom. The van der Waals surface area contributed by atoms with Gasteiger partial charge in [0, 0.05) is 25.7 Å². The first-order chi connectivity index (χ1) is 10.1. The fraction of sp³-hybridized carbons (Fsp3) is 0.357. The summed E-state index contributed by atoms with van der Waals surface area (Å²) in [4.78, 5) is 13.8. The van der Waals surface area contributed by atoms with E-state index in [0.29, 0.717) is 25.9 Å². The maximum absolute atomic E-state index is 13.0. The zero-order chi connectivity index (χ0) is 14.8. The molecule has 3 rings (SSSR count). The first-order valence-corrected chi connectivity index (χ1v) is 7.09. The van der Waals surface area contributed by atoms with E-state index in [2.05, 4.69) is 10.3 Å². The minimum Gasteiger partial charge on any atom is -0.338 e. The molecule has 0 atom stereocenters. The summed E-state index contributed by atoms with van der Waals surface area (Å²) >= 11 is 5.72. The number of aromatic nitrogens is 3. The summed E-state index contributed by atoms with van der Waals surface area (Å²) in [5.41, 5.74) is 0.864. The molecule has 2 aromatic rings. The van der Waals surface area contributed by atoms with Crippen molar-refractivity contribution in [2.45, 2.75) is 18.9 Å². The zero-order valence-corrected chi connectivity index (χ0v) is 12.0. The van der Waals surface area contributed by atoms with Gasteiger partial charge in [-0.1, -0.05) is 22.9 Å². The summed E-state index contributed by atoms with van der Waals surface area (Å²) in [5, 5.41) is 7.77. The average molecular weight is 309 g/mol. The van der Waals surface area contributed by atoms with Crippen LogP contribution >= 0.6 is 11.6 Å². The molecule has 1 fully saturated rings. The van der Waals surface area contributed by atoms with Crippen molar-refractivity contribution in [2.75, 3.05) is 13.1 Å². The van der Waals surface area contributed by atoms with Crippen LogP contribution in [-0.2, 0) is 11.2 Å². The minimum atomic E-state index is -0.440. The second-order valence-electron chi connectivity index (χ2n) is 5.08. The molecule has 0 spiro atoms. The van der Waals surface area contributed by atoms with Crippen LogP contribution < -0.4 is 0 Å². The molecule has 0 aliphatic carbocycles. The molecule has 1 saturated heterocycles. The second kappa shape index (κ2) is 5.81. The van der Waals surface area contributed by atoms with Crippen LogP contribution in [0, 0.1) is 5.82 Å². The van der Waals surface area contributed by atoms with Crippen molar-refractivity contribution >= 4 is 17.5 Å². The number of benzene rings is 1. The molecule has 0 saturated carbocycles. The van der Waals surface area contributed by atoms with Crippen LogP contribution in [0.15, 0.2) is 30.6 Å². The van der Waals surface area contributed by atoms with Gasteiger partial charge >= 0.3 is 0 Å². The van der Waals surface area contributed by atoms with E-state index >= 15 is 0 Å². The second-order valence-corrected chi connectivity index (χ2v) is 5.49. The number of nitrogens with zero attached hydrogens (tertiary/aromatic N) is 4. The van der Waals surface area contributed by atoms with Gasteiger partial charge < -0.3 is 4.90 Å². The van der Waals surface area contributed by atoms with Crippen molar-refractivity contribution in [3.05, 3.63) is 47.0 Å². The van der Waals surface area contributed by atoms with Crippen LogP contribution in [0.1, 0.15) is 18.0 Å². The van der Waals surface area contributed by atoms with E-state index in [4.69, 9.17) is 11.6 Å². The molecule has 7 heteroatoms. The molecule has 0 N–H and O–H groups in total. The average Bonchev–Trinajstić information content (AvgIpc) is 2.92.